The molecule has 1 heterocycles. The molecule has 1 fully saturated rings. The van der Waals surface area contributed by atoms with Crippen molar-refractivity contribution in [2.45, 2.75) is 30.3 Å². The highest BCUT2D eigenvalue weighted by molar-refractivity contribution is 7.79. The summed E-state index contributed by atoms with van der Waals surface area (Å²) in [4.78, 5) is 2.62. The number of likely N-dealkylation sites (tertiary alicyclic amines) is 1. The number of hydrogen-bond acceptors (Lipinski definition) is 3. The van der Waals surface area contributed by atoms with Crippen molar-refractivity contribution >= 4 is 11.1 Å². The van der Waals surface area contributed by atoms with Gasteiger partial charge in [0, 0.05) is 12.5 Å². The maximum atomic E-state index is 11.1. The fraction of sp³-hybridized carbons (Fsp3) is 0.538. The molecule has 1 unspecified atom stereocenters. The van der Waals surface area contributed by atoms with Crippen molar-refractivity contribution in [3.05, 3.63) is 29.8 Å². The van der Waals surface area contributed by atoms with Gasteiger partial charge in [0.2, 0.25) is 0 Å². The minimum Gasteiger partial charge on any atom is -0.391 e. The molecule has 0 amide bonds. The third-order valence-electron chi connectivity index (χ3n) is 3.60. The molecule has 3 atom stereocenters. The Balaban J connectivity index is 2.16. The standard InChI is InChI=1S/C13H19NO3S/c1-2-14-7-6-12(13(15)9-14)10-4-3-5-11(8-10)18(16)17/h3-5,8,12-13,15H,2,6-7,9H2,1H3,(H,16,17)/t12-,13-/m0/s1. The first-order chi connectivity index (χ1) is 8.61. The predicted molar refractivity (Wildman–Crippen MR) is 71.0 cm³/mol. The van der Waals surface area contributed by atoms with E-state index in [4.69, 9.17) is 4.55 Å². The Kier molecular flexibility index (Phi) is 4.50. The van der Waals surface area contributed by atoms with E-state index in [9.17, 15) is 9.32 Å². The van der Waals surface area contributed by atoms with Crippen molar-refractivity contribution in [3.63, 3.8) is 0 Å². The van der Waals surface area contributed by atoms with Crippen molar-refractivity contribution in [2.75, 3.05) is 19.6 Å². The number of likely N-dealkylation sites (N-methyl/N-ethyl adjacent to an activating group) is 1. The van der Waals surface area contributed by atoms with Gasteiger partial charge in [-0.2, -0.15) is 0 Å². The van der Waals surface area contributed by atoms with Crippen LogP contribution in [0, 0.1) is 0 Å². The molecule has 0 aromatic heterocycles. The minimum absolute atomic E-state index is 0.0660. The summed E-state index contributed by atoms with van der Waals surface area (Å²) < 4.78 is 20.2. The van der Waals surface area contributed by atoms with Gasteiger partial charge in [0.15, 0.2) is 11.1 Å². The highest BCUT2D eigenvalue weighted by atomic mass is 32.2. The monoisotopic (exact) mass is 269 g/mol. The summed E-state index contributed by atoms with van der Waals surface area (Å²) in [6.45, 7) is 4.67. The van der Waals surface area contributed by atoms with Gasteiger partial charge in [-0.05, 0) is 37.2 Å². The van der Waals surface area contributed by atoms with Crippen LogP contribution in [0.4, 0.5) is 0 Å². The Morgan fingerprint density at radius 2 is 2.28 bits per heavy atom. The Morgan fingerprint density at radius 3 is 2.89 bits per heavy atom. The lowest BCUT2D eigenvalue weighted by Crippen LogP contribution is -2.42. The number of nitrogens with zero attached hydrogens (tertiary/aromatic N) is 1. The van der Waals surface area contributed by atoms with Crippen LogP contribution < -0.4 is 0 Å². The quantitative estimate of drug-likeness (QED) is 0.815. The van der Waals surface area contributed by atoms with Gasteiger partial charge in [-0.1, -0.05) is 19.1 Å². The first-order valence-corrected chi connectivity index (χ1v) is 7.33. The molecule has 1 aromatic rings. The first kappa shape index (κ1) is 13.7. The van der Waals surface area contributed by atoms with Crippen LogP contribution in [0.1, 0.15) is 24.8 Å². The van der Waals surface area contributed by atoms with E-state index in [1.165, 1.54) is 0 Å². The summed E-state index contributed by atoms with van der Waals surface area (Å²) >= 11 is -1.96. The fourth-order valence-electron chi connectivity index (χ4n) is 2.53. The molecule has 0 spiro atoms. The second-order valence-electron chi connectivity index (χ2n) is 4.68. The lowest BCUT2D eigenvalue weighted by atomic mass is 9.87. The number of aliphatic hydroxyl groups is 1. The van der Waals surface area contributed by atoms with Crippen LogP contribution in [0.3, 0.4) is 0 Å². The van der Waals surface area contributed by atoms with E-state index >= 15 is 0 Å². The van der Waals surface area contributed by atoms with Gasteiger partial charge < -0.3 is 14.6 Å². The highest BCUT2D eigenvalue weighted by Gasteiger charge is 2.28. The molecule has 1 aromatic carbocycles. The second-order valence-corrected chi connectivity index (χ2v) is 5.65. The van der Waals surface area contributed by atoms with E-state index < -0.39 is 17.2 Å². The van der Waals surface area contributed by atoms with E-state index in [1.807, 2.05) is 6.07 Å². The molecule has 1 aliphatic rings. The van der Waals surface area contributed by atoms with Gasteiger partial charge >= 0.3 is 0 Å². The van der Waals surface area contributed by atoms with E-state index in [2.05, 4.69) is 11.8 Å². The van der Waals surface area contributed by atoms with Crippen molar-refractivity contribution in [2.24, 2.45) is 0 Å². The molecule has 0 bridgehead atoms. The average Bonchev–Trinajstić information content (AvgIpc) is 2.38. The number of piperidine rings is 1. The van der Waals surface area contributed by atoms with Crippen LogP contribution in [0.5, 0.6) is 0 Å². The molecular formula is C13H19NO3S. The number of benzene rings is 1. The topological polar surface area (TPSA) is 60.8 Å². The van der Waals surface area contributed by atoms with Gasteiger partial charge in [-0.25, -0.2) is 4.21 Å². The maximum Gasteiger partial charge on any atom is 0.186 e. The molecular weight excluding hydrogens is 250 g/mol. The lowest BCUT2D eigenvalue weighted by molar-refractivity contribution is 0.0539. The van der Waals surface area contributed by atoms with Gasteiger partial charge in [0.25, 0.3) is 0 Å². The van der Waals surface area contributed by atoms with Crippen LogP contribution in [0.15, 0.2) is 29.2 Å². The molecule has 5 heteroatoms. The van der Waals surface area contributed by atoms with Crippen molar-refractivity contribution in [1.29, 1.82) is 0 Å². The third-order valence-corrected chi connectivity index (χ3v) is 4.26. The molecule has 1 aliphatic heterocycles. The van der Waals surface area contributed by atoms with E-state index in [0.717, 1.165) is 25.1 Å². The summed E-state index contributed by atoms with van der Waals surface area (Å²) in [5.74, 6) is 0.0660. The molecule has 1 saturated heterocycles. The molecule has 18 heavy (non-hydrogen) atoms. The summed E-state index contributed by atoms with van der Waals surface area (Å²) in [6.07, 6.45) is 0.484. The van der Waals surface area contributed by atoms with Crippen LogP contribution in [0.2, 0.25) is 0 Å². The molecule has 0 aliphatic carbocycles. The third kappa shape index (κ3) is 2.98. The SMILES string of the molecule is CCN1CC[C@@H](c2cccc(S(=O)O)c2)[C@@H](O)C1. The van der Waals surface area contributed by atoms with Gasteiger partial charge in [0.1, 0.15) is 0 Å². The van der Waals surface area contributed by atoms with E-state index in [1.54, 1.807) is 18.2 Å². The average molecular weight is 269 g/mol. The Morgan fingerprint density at radius 1 is 1.50 bits per heavy atom. The normalized spacial score (nSPS) is 27.1. The molecule has 0 saturated carbocycles. The molecule has 2 rings (SSSR count). The van der Waals surface area contributed by atoms with Crippen molar-refractivity contribution < 1.29 is 13.9 Å². The number of hydrogen-bond donors (Lipinski definition) is 2. The van der Waals surface area contributed by atoms with Crippen LogP contribution >= 0.6 is 0 Å². The molecule has 0 radical (unpaired) electrons. The summed E-state index contributed by atoms with van der Waals surface area (Å²) in [5, 5.41) is 10.2. The zero-order valence-corrected chi connectivity index (χ0v) is 11.3. The van der Waals surface area contributed by atoms with Crippen LogP contribution in [-0.2, 0) is 11.1 Å². The molecule has 4 nitrogen and oxygen atoms in total. The number of aliphatic hydroxyl groups excluding tert-OH is 1. The zero-order chi connectivity index (χ0) is 13.1. The Bertz CT molecular complexity index is 438. The van der Waals surface area contributed by atoms with Crippen LogP contribution in [-0.4, -0.2) is 44.5 Å². The van der Waals surface area contributed by atoms with E-state index in [0.29, 0.717) is 11.4 Å². The fourth-order valence-corrected chi connectivity index (χ4v) is 2.96. The minimum atomic E-state index is -1.96. The zero-order valence-electron chi connectivity index (χ0n) is 10.5. The Hall–Kier alpha value is -0.750. The van der Waals surface area contributed by atoms with E-state index in [-0.39, 0.29) is 5.92 Å². The van der Waals surface area contributed by atoms with Gasteiger partial charge in [-0.3, -0.25) is 0 Å². The Labute approximate surface area is 110 Å². The lowest BCUT2D eigenvalue weighted by Gasteiger charge is -2.35. The first-order valence-electron chi connectivity index (χ1n) is 6.23. The summed E-state index contributed by atoms with van der Waals surface area (Å²) in [6, 6.07) is 7.06. The number of β-amino-alcohol motifs (C(OH)–C–C–N with tert-alkyl or cyclic N) is 1. The van der Waals surface area contributed by atoms with Crippen molar-refractivity contribution in [1.82, 2.24) is 4.90 Å². The van der Waals surface area contributed by atoms with Crippen LogP contribution in [0.25, 0.3) is 0 Å². The predicted octanol–water partition coefficient (Wildman–Crippen LogP) is 1.44. The maximum absolute atomic E-state index is 11.1. The largest absolute Gasteiger partial charge is 0.391 e. The molecule has 100 valence electrons. The second kappa shape index (κ2) is 5.93. The van der Waals surface area contributed by atoms with Gasteiger partial charge in [0.05, 0.1) is 11.0 Å². The van der Waals surface area contributed by atoms with Gasteiger partial charge in [-0.15, -0.1) is 0 Å². The summed E-state index contributed by atoms with van der Waals surface area (Å²) in [5.41, 5.74) is 0.957. The highest BCUT2D eigenvalue weighted by Crippen LogP contribution is 2.29. The van der Waals surface area contributed by atoms with Crippen molar-refractivity contribution in [3.8, 4) is 0 Å². The number of rotatable bonds is 3. The summed E-state index contributed by atoms with van der Waals surface area (Å²) in [7, 11) is 0. The smallest absolute Gasteiger partial charge is 0.186 e. The molecule has 2 N–H and O–H groups in total.